The summed E-state index contributed by atoms with van der Waals surface area (Å²) >= 11 is 3.64. The largest absolute Gasteiger partial charge is 0.744 e. The maximum Gasteiger partial charge on any atom is 0.262 e. The molecule has 14 aromatic rings. The Morgan fingerprint density at radius 1 is 0.409 bits per heavy atom. The number of hydrogen-bond donors (Lipinski definition) is 3. The van der Waals surface area contributed by atoms with Crippen molar-refractivity contribution >= 4 is 88.4 Å². The van der Waals surface area contributed by atoms with Crippen LogP contribution in [0.25, 0.3) is 32.3 Å². The number of ether oxygens (including phenoxy) is 5. The lowest BCUT2D eigenvalue weighted by Gasteiger charge is -2.28. The van der Waals surface area contributed by atoms with E-state index in [1.54, 1.807) is 42.5 Å². The maximum atomic E-state index is 12.3. The van der Waals surface area contributed by atoms with Crippen LogP contribution >= 0.6 is 23.5 Å². The van der Waals surface area contributed by atoms with Gasteiger partial charge in [-0.25, -0.2) is 8.42 Å². The van der Waals surface area contributed by atoms with Gasteiger partial charge in [-0.05, 0) is 295 Å². The van der Waals surface area contributed by atoms with Crippen molar-refractivity contribution in [3.63, 3.8) is 0 Å². The summed E-state index contributed by atoms with van der Waals surface area (Å²) in [4.78, 5) is 18.6. The number of nitrogens with one attached hydrogen (secondary N) is 1. The number of fused-ring (bicyclic) bond motifs is 5. The van der Waals surface area contributed by atoms with Gasteiger partial charge >= 0.3 is 0 Å². The standard InChI is InChI=1S/C29H34O2S.C27H32O2S.C22H23NO5S.C18H15S.2C10H14O/c1-3-20(2)22-10-13-26(14-11-22)30-29(31-28-17-21-8-9-25(28)16-21)19-32-27-15-12-23-6-4-5-7-24(23)18-27;1-3-20(2)21-12-15-25(16-13-21)29-27(28-24-10-6-7-11-24)19-30-26-17-14-22-8-4-5-9-23(22)18-26;1-3-15(2)16-10-12-17(13-11-16)28-14-22(24)23-20-8-4-7-19-18(20)6-5-9-21(19)29(25,26)27;1-4-10-16(11-5-1)19(17-12-6-2-7-13-17)18-14-8-3-9-15-18;2*1-3-8(2)9-4-6-10(11)7-5-9/h4-7,10-15,18,20-21,25,28-29H,3,8-9,16-17,19H2,1-2H3;4-5,8-9,12-18,20,24,27H,3,6-7,10-11,19H2,1-2H3;4-13,15H,3,14H2,1-2H3,(H,23,24)(H,25,26,27);1-15H;2*4-8,11H,3H2,1-2H3/q;;;+1;;/p-1. The van der Waals surface area contributed by atoms with E-state index in [0.29, 0.717) is 70.1 Å². The van der Waals surface area contributed by atoms with Gasteiger partial charge in [0.15, 0.2) is 21.3 Å². The number of rotatable bonds is 32. The Bertz CT molecular complexity index is 5770. The molecule has 0 heterocycles. The molecule has 3 aliphatic rings. The van der Waals surface area contributed by atoms with Gasteiger partial charge in [-0.15, -0.1) is 23.5 Å². The number of amides is 1. The molecule has 3 N–H and O–H groups in total. The molecule has 10 atom stereocenters. The molecule has 12 nitrogen and oxygen atoms in total. The number of hydrogen-bond acceptors (Lipinski definition) is 13. The Balaban J connectivity index is 0.000000149. The van der Waals surface area contributed by atoms with E-state index in [1.165, 1.54) is 131 Å². The molecule has 2 bridgehead atoms. The van der Waals surface area contributed by atoms with Crippen LogP contribution in [0.5, 0.6) is 28.7 Å². The lowest BCUT2D eigenvalue weighted by Crippen LogP contribution is -2.32. The van der Waals surface area contributed by atoms with Gasteiger partial charge in [-0.2, -0.15) is 0 Å². The van der Waals surface area contributed by atoms with Crippen LogP contribution in [0.4, 0.5) is 5.69 Å². The van der Waals surface area contributed by atoms with Gasteiger partial charge in [-0.1, -0.05) is 282 Å². The average molecular weight is 1840 g/mol. The minimum atomic E-state index is -4.62. The number of carbonyl (C=O) groups is 1. The second-order valence-electron chi connectivity index (χ2n) is 34.8. The van der Waals surface area contributed by atoms with Crippen LogP contribution in [0, 0.1) is 11.8 Å². The summed E-state index contributed by atoms with van der Waals surface area (Å²) in [5, 5.41) is 26.6. The van der Waals surface area contributed by atoms with Crippen molar-refractivity contribution in [2.24, 2.45) is 11.8 Å². The van der Waals surface area contributed by atoms with Crippen LogP contribution in [-0.4, -0.2) is 72.0 Å². The van der Waals surface area contributed by atoms with E-state index in [2.05, 4.69) is 299 Å². The van der Waals surface area contributed by atoms with Gasteiger partial charge < -0.3 is 43.8 Å². The molecule has 0 aromatic heterocycles. The minimum Gasteiger partial charge on any atom is -0.744 e. The maximum absolute atomic E-state index is 12.3. The fourth-order valence-electron chi connectivity index (χ4n) is 16.6. The van der Waals surface area contributed by atoms with Crippen molar-refractivity contribution in [1.82, 2.24) is 0 Å². The Labute approximate surface area is 796 Å². The zero-order valence-electron chi connectivity index (χ0n) is 78.1. The zero-order valence-corrected chi connectivity index (χ0v) is 81.4. The minimum absolute atomic E-state index is 0.0146. The summed E-state index contributed by atoms with van der Waals surface area (Å²) < 4.78 is 65.7. The molecule has 16 heteroatoms. The van der Waals surface area contributed by atoms with Gasteiger partial charge in [0.2, 0.25) is 12.6 Å². The molecule has 14 aromatic carbocycles. The number of benzene rings is 14. The monoisotopic (exact) mass is 1840 g/mol. The summed E-state index contributed by atoms with van der Waals surface area (Å²) in [5.74, 6) is 8.65. The number of phenolic OH excluding ortho intramolecular Hbond substituents is 2. The van der Waals surface area contributed by atoms with Crippen molar-refractivity contribution in [2.45, 2.75) is 236 Å². The summed E-state index contributed by atoms with van der Waals surface area (Å²) in [7, 11) is -4.63. The van der Waals surface area contributed by atoms with Crippen LogP contribution < -0.4 is 19.5 Å². The summed E-state index contributed by atoms with van der Waals surface area (Å²) in [6.07, 6.45) is 15.9. The first-order valence-electron chi connectivity index (χ1n) is 47.2. The molecule has 0 aliphatic heterocycles. The number of phenols is 2. The first kappa shape index (κ1) is 100. The Hall–Kier alpha value is -10.8. The summed E-state index contributed by atoms with van der Waals surface area (Å²) in [6.45, 7) is 21.8. The van der Waals surface area contributed by atoms with Gasteiger partial charge in [0, 0.05) is 26.3 Å². The van der Waals surface area contributed by atoms with Crippen LogP contribution in [0.15, 0.2) is 363 Å². The quantitative estimate of drug-likeness (QED) is 0.0157. The molecule has 10 unspecified atom stereocenters. The first-order valence-corrected chi connectivity index (χ1v) is 51.8. The molecule has 0 radical (unpaired) electrons. The number of carbonyl (C=O) groups excluding carboxylic acids is 1. The fraction of sp³-hybridized carbons (Fsp3) is 0.319. The third-order valence-corrected chi connectivity index (χ3v) is 30.6. The van der Waals surface area contributed by atoms with Crippen molar-refractivity contribution < 1.29 is 51.7 Å². The molecule has 3 fully saturated rings. The van der Waals surface area contributed by atoms with Crippen LogP contribution in [0.1, 0.15) is 210 Å². The van der Waals surface area contributed by atoms with Gasteiger partial charge in [-0.3, -0.25) is 4.79 Å². The van der Waals surface area contributed by atoms with Crippen molar-refractivity contribution in [3.05, 3.63) is 361 Å². The Morgan fingerprint density at radius 2 is 0.788 bits per heavy atom. The molecule has 17 rings (SSSR count). The molecule has 690 valence electrons. The smallest absolute Gasteiger partial charge is 0.262 e. The summed E-state index contributed by atoms with van der Waals surface area (Å²) in [5.41, 5.74) is 6.95. The van der Waals surface area contributed by atoms with E-state index < -0.39 is 10.1 Å². The Morgan fingerprint density at radius 3 is 1.18 bits per heavy atom. The zero-order chi connectivity index (χ0) is 93.1. The van der Waals surface area contributed by atoms with Crippen LogP contribution in [0.3, 0.4) is 0 Å². The van der Waals surface area contributed by atoms with Gasteiger partial charge in [0.25, 0.3) is 5.91 Å². The van der Waals surface area contributed by atoms with Gasteiger partial charge in [0.1, 0.15) is 38.9 Å². The lowest BCUT2D eigenvalue weighted by atomic mass is 9.98. The highest BCUT2D eigenvalue weighted by molar-refractivity contribution is 7.99. The van der Waals surface area contributed by atoms with E-state index in [-0.39, 0.29) is 46.3 Å². The van der Waals surface area contributed by atoms with Crippen molar-refractivity contribution in [3.8, 4) is 28.7 Å². The fourth-order valence-corrected chi connectivity index (χ4v) is 21.1. The molecule has 1 amide bonds. The highest BCUT2D eigenvalue weighted by Gasteiger charge is 2.42. The van der Waals surface area contributed by atoms with Crippen molar-refractivity contribution in [2.75, 3.05) is 23.4 Å². The highest BCUT2D eigenvalue weighted by Crippen LogP contribution is 2.47. The molecular weight excluding hydrogens is 1710 g/mol. The highest BCUT2D eigenvalue weighted by atomic mass is 32.2. The number of thioether (sulfide) groups is 2. The molecule has 0 spiro atoms. The summed E-state index contributed by atoms with van der Waals surface area (Å²) in [6, 6.07) is 111. The topological polar surface area (TPSA) is 173 Å². The molecule has 132 heavy (non-hydrogen) atoms. The predicted octanol–water partition coefficient (Wildman–Crippen LogP) is 30.7. The van der Waals surface area contributed by atoms with Crippen LogP contribution in [0.2, 0.25) is 0 Å². The number of aromatic hydroxyl groups is 2. The van der Waals surface area contributed by atoms with E-state index in [9.17, 15) is 17.8 Å². The second-order valence-corrected chi connectivity index (χ2v) is 40.3. The van der Waals surface area contributed by atoms with E-state index >= 15 is 0 Å². The molecule has 0 saturated heterocycles. The van der Waals surface area contributed by atoms with Crippen LogP contribution in [-0.2, 0) is 35.3 Å². The third kappa shape index (κ3) is 30.4. The van der Waals surface area contributed by atoms with E-state index in [0.717, 1.165) is 79.8 Å². The first-order chi connectivity index (χ1) is 64.1. The predicted molar refractivity (Wildman–Crippen MR) is 548 cm³/mol. The third-order valence-electron chi connectivity index (χ3n) is 25.5. The second kappa shape index (κ2) is 51.5. The van der Waals surface area contributed by atoms with E-state index in [4.69, 9.17) is 33.9 Å². The normalized spacial score (nSPS) is 16.0. The number of anilines is 1. The van der Waals surface area contributed by atoms with Crippen molar-refractivity contribution in [1.29, 1.82) is 0 Å². The molecular formula is C116H131NO11S4. The molecule has 3 saturated carbocycles. The molecule has 3 aliphatic carbocycles. The van der Waals surface area contributed by atoms with Gasteiger partial charge in [0.05, 0.1) is 39.5 Å². The SMILES string of the molecule is CCC(C)c1ccc(O)cc1.CCC(C)c1ccc(O)cc1.CCC(C)c1ccc(OC(CSc2ccc3ccccc3c2)OC2CC3CCC2C3)cc1.CCC(C)c1ccc(OC(CSc2ccc3ccccc3c2)OC2CCCC2)cc1.CCC(C)c1ccc(OCC(=O)Nc2cccc3c(S(=O)(=O)[O-])cccc23)cc1.c1ccc([S+](c2ccccc2)c2ccccc2)cc1. The van der Waals surface area contributed by atoms with E-state index in [1.807, 2.05) is 72.1 Å². The average Bonchev–Trinajstić information content (AvgIpc) is 0.982. The Kier molecular flexibility index (Phi) is 39.1. The lowest BCUT2D eigenvalue weighted by molar-refractivity contribution is -0.120.